The molecule has 19 heavy (non-hydrogen) atoms. The first-order valence-electron chi connectivity index (χ1n) is 6.03. The van der Waals surface area contributed by atoms with Crippen LogP contribution in [-0.2, 0) is 11.2 Å². The summed E-state index contributed by atoms with van der Waals surface area (Å²) in [6.45, 7) is 4.67. The maximum Gasteiger partial charge on any atom is 0.407 e. The van der Waals surface area contributed by atoms with Gasteiger partial charge in [-0.3, -0.25) is 4.98 Å². The second kappa shape index (κ2) is 6.21. The number of amides is 1. The summed E-state index contributed by atoms with van der Waals surface area (Å²) >= 11 is 0. The highest BCUT2D eigenvalue weighted by Gasteiger charge is 2.37. The smallest absolute Gasteiger partial charge is 0.407 e. The van der Waals surface area contributed by atoms with Gasteiger partial charge < -0.3 is 14.7 Å². The molecule has 2 atom stereocenters. The number of morpholine rings is 1. The number of pyridine rings is 1. The van der Waals surface area contributed by atoms with Crippen LogP contribution in [-0.4, -0.2) is 45.9 Å². The highest BCUT2D eigenvalue weighted by Crippen LogP contribution is 2.25. The van der Waals surface area contributed by atoms with Gasteiger partial charge in [-0.1, -0.05) is 6.07 Å². The highest BCUT2D eigenvalue weighted by molar-refractivity contribution is 5.85. The summed E-state index contributed by atoms with van der Waals surface area (Å²) in [5.74, 6) is 0. The molecule has 0 unspecified atom stereocenters. The first-order valence-corrected chi connectivity index (χ1v) is 6.03. The van der Waals surface area contributed by atoms with E-state index >= 15 is 0 Å². The van der Waals surface area contributed by atoms with Crippen molar-refractivity contribution in [2.45, 2.75) is 32.0 Å². The van der Waals surface area contributed by atoms with Crippen molar-refractivity contribution >= 4 is 18.5 Å². The van der Waals surface area contributed by atoms with Crippen molar-refractivity contribution in [3.05, 3.63) is 30.1 Å². The Labute approximate surface area is 119 Å². The Morgan fingerprint density at radius 1 is 1.68 bits per heavy atom. The first kappa shape index (κ1) is 15.7. The number of hydrogen-bond acceptors (Lipinski definition) is 3. The monoisotopic (exact) mass is 286 g/mol. The minimum absolute atomic E-state index is 0. The third-order valence-corrected chi connectivity index (χ3v) is 3.06. The van der Waals surface area contributed by atoms with Gasteiger partial charge in [0.15, 0.2) is 0 Å². The molecule has 1 aromatic heterocycles. The van der Waals surface area contributed by atoms with Gasteiger partial charge >= 0.3 is 6.09 Å². The van der Waals surface area contributed by atoms with Crippen LogP contribution in [0.2, 0.25) is 0 Å². The molecule has 2 rings (SSSR count). The average molecular weight is 287 g/mol. The van der Waals surface area contributed by atoms with E-state index in [-0.39, 0.29) is 18.5 Å². The number of ether oxygens (including phenoxy) is 1. The molecule has 0 spiro atoms. The minimum Gasteiger partial charge on any atom is -0.465 e. The topological polar surface area (TPSA) is 62.7 Å². The fourth-order valence-corrected chi connectivity index (χ4v) is 2.52. The Bertz CT molecular complexity index is 429. The third-order valence-electron chi connectivity index (χ3n) is 3.06. The lowest BCUT2D eigenvalue weighted by Crippen LogP contribution is -2.55. The second-order valence-electron chi connectivity index (χ2n) is 5.08. The number of carboxylic acid groups (broad SMARTS) is 1. The number of rotatable bonds is 2. The largest absolute Gasteiger partial charge is 0.465 e. The number of carbonyl (C=O) groups is 1. The van der Waals surface area contributed by atoms with Crippen molar-refractivity contribution < 1.29 is 14.6 Å². The number of hydrogen-bond donors (Lipinski definition) is 1. The maximum absolute atomic E-state index is 11.1. The fraction of sp³-hybridized carbons (Fsp3) is 0.538. The standard InChI is InChI=1S/C13H18N2O3.ClH/c1-10-8-15(12(16)17)9-13(2,18-10)6-11-4-3-5-14-7-11;/h3-5,7,10H,6,8-9H2,1-2H3,(H,16,17);1H/t10-,13+;/m0./s1. The summed E-state index contributed by atoms with van der Waals surface area (Å²) in [6.07, 6.45) is 3.20. The molecule has 0 saturated carbocycles. The molecule has 1 fully saturated rings. The van der Waals surface area contributed by atoms with E-state index in [1.807, 2.05) is 26.0 Å². The zero-order valence-electron chi connectivity index (χ0n) is 11.1. The van der Waals surface area contributed by atoms with E-state index in [1.54, 1.807) is 12.4 Å². The SMILES string of the molecule is C[C@H]1CN(C(=O)O)C[C@@](C)(Cc2cccnc2)O1.Cl. The lowest BCUT2D eigenvalue weighted by molar-refractivity contribution is -0.130. The third kappa shape index (κ3) is 4.08. The van der Waals surface area contributed by atoms with E-state index in [1.165, 1.54) is 4.90 Å². The van der Waals surface area contributed by atoms with Gasteiger partial charge in [0, 0.05) is 18.8 Å². The van der Waals surface area contributed by atoms with E-state index in [2.05, 4.69) is 4.98 Å². The summed E-state index contributed by atoms with van der Waals surface area (Å²) in [7, 11) is 0. The molecule has 0 radical (unpaired) electrons. The second-order valence-corrected chi connectivity index (χ2v) is 5.08. The number of aromatic nitrogens is 1. The van der Waals surface area contributed by atoms with Crippen LogP contribution in [0.1, 0.15) is 19.4 Å². The predicted octanol–water partition coefficient (Wildman–Crippen LogP) is 2.20. The molecule has 106 valence electrons. The zero-order chi connectivity index (χ0) is 13.2. The Morgan fingerprint density at radius 3 is 3.00 bits per heavy atom. The van der Waals surface area contributed by atoms with Crippen molar-refractivity contribution in [1.29, 1.82) is 0 Å². The lowest BCUT2D eigenvalue weighted by atomic mass is 9.94. The van der Waals surface area contributed by atoms with Crippen LogP contribution >= 0.6 is 12.4 Å². The molecule has 1 amide bonds. The molecule has 0 aromatic carbocycles. The summed E-state index contributed by atoms with van der Waals surface area (Å²) < 4.78 is 5.93. The van der Waals surface area contributed by atoms with Crippen molar-refractivity contribution in [3.8, 4) is 0 Å². The molecule has 1 aromatic rings. The van der Waals surface area contributed by atoms with E-state index < -0.39 is 11.7 Å². The Kier molecular flexibility index (Phi) is 5.14. The Hall–Kier alpha value is -1.33. The van der Waals surface area contributed by atoms with Crippen LogP contribution in [0.4, 0.5) is 4.79 Å². The van der Waals surface area contributed by atoms with Crippen molar-refractivity contribution in [2.75, 3.05) is 13.1 Å². The maximum atomic E-state index is 11.1. The molecule has 1 N–H and O–H groups in total. The zero-order valence-corrected chi connectivity index (χ0v) is 11.9. The van der Waals surface area contributed by atoms with Gasteiger partial charge in [0.05, 0.1) is 24.8 Å². The molecule has 1 aliphatic rings. The van der Waals surface area contributed by atoms with E-state index in [9.17, 15) is 4.79 Å². The van der Waals surface area contributed by atoms with Gasteiger partial charge in [0.25, 0.3) is 0 Å². The van der Waals surface area contributed by atoms with Gasteiger partial charge in [-0.25, -0.2) is 4.79 Å². The van der Waals surface area contributed by atoms with Gasteiger partial charge in [-0.05, 0) is 25.5 Å². The highest BCUT2D eigenvalue weighted by atomic mass is 35.5. The molecule has 2 heterocycles. The van der Waals surface area contributed by atoms with Gasteiger partial charge in [-0.2, -0.15) is 0 Å². The summed E-state index contributed by atoms with van der Waals surface area (Å²) in [5, 5.41) is 9.11. The summed E-state index contributed by atoms with van der Waals surface area (Å²) in [5.41, 5.74) is 0.568. The van der Waals surface area contributed by atoms with Crippen molar-refractivity contribution in [3.63, 3.8) is 0 Å². The first-order chi connectivity index (χ1) is 8.48. The number of nitrogens with zero attached hydrogens (tertiary/aromatic N) is 2. The van der Waals surface area contributed by atoms with Gasteiger partial charge in [0.2, 0.25) is 0 Å². The number of halogens is 1. The van der Waals surface area contributed by atoms with Crippen LogP contribution < -0.4 is 0 Å². The van der Waals surface area contributed by atoms with Crippen molar-refractivity contribution in [1.82, 2.24) is 9.88 Å². The predicted molar refractivity (Wildman–Crippen MR) is 73.7 cm³/mol. The average Bonchev–Trinajstić information content (AvgIpc) is 2.28. The summed E-state index contributed by atoms with van der Waals surface area (Å²) in [6, 6.07) is 3.85. The van der Waals surface area contributed by atoms with Crippen LogP contribution in [0.5, 0.6) is 0 Å². The normalized spacial score (nSPS) is 26.6. The van der Waals surface area contributed by atoms with E-state index in [4.69, 9.17) is 9.84 Å². The molecule has 0 aliphatic carbocycles. The van der Waals surface area contributed by atoms with Crippen LogP contribution in [0.3, 0.4) is 0 Å². The van der Waals surface area contributed by atoms with Crippen LogP contribution in [0, 0.1) is 0 Å². The molecule has 5 nitrogen and oxygen atoms in total. The van der Waals surface area contributed by atoms with Gasteiger partial charge in [-0.15, -0.1) is 12.4 Å². The van der Waals surface area contributed by atoms with Crippen LogP contribution in [0.15, 0.2) is 24.5 Å². The molecular weight excluding hydrogens is 268 g/mol. The lowest BCUT2D eigenvalue weighted by Gasteiger charge is -2.42. The van der Waals surface area contributed by atoms with E-state index in [0.29, 0.717) is 19.5 Å². The quantitative estimate of drug-likeness (QED) is 0.905. The molecule has 1 aliphatic heterocycles. The molecule has 6 heteroatoms. The minimum atomic E-state index is -0.887. The Balaban J connectivity index is 0.00000180. The molecule has 1 saturated heterocycles. The van der Waals surface area contributed by atoms with Gasteiger partial charge in [0.1, 0.15) is 0 Å². The molecule has 0 bridgehead atoms. The Morgan fingerprint density at radius 2 is 2.42 bits per heavy atom. The molecular formula is C13H19ClN2O3. The fourth-order valence-electron chi connectivity index (χ4n) is 2.52. The summed E-state index contributed by atoms with van der Waals surface area (Å²) in [4.78, 5) is 16.6. The van der Waals surface area contributed by atoms with Crippen LogP contribution in [0.25, 0.3) is 0 Å². The van der Waals surface area contributed by atoms with E-state index in [0.717, 1.165) is 5.56 Å². The van der Waals surface area contributed by atoms with Crippen molar-refractivity contribution in [2.24, 2.45) is 0 Å².